The van der Waals surface area contributed by atoms with E-state index in [-0.39, 0.29) is 0 Å². The Kier molecular flexibility index (Phi) is 5.43. The van der Waals surface area contributed by atoms with Crippen LogP contribution >= 0.6 is 15.9 Å². The van der Waals surface area contributed by atoms with Crippen LogP contribution in [0.5, 0.6) is 11.5 Å². The summed E-state index contributed by atoms with van der Waals surface area (Å²) in [5, 5.41) is 11.7. The Labute approximate surface area is 114 Å². The van der Waals surface area contributed by atoms with Crippen LogP contribution in [0.15, 0.2) is 16.6 Å². The first-order valence-corrected chi connectivity index (χ1v) is 6.15. The van der Waals surface area contributed by atoms with Crippen molar-refractivity contribution < 1.29 is 19.4 Å². The third-order valence-electron chi connectivity index (χ3n) is 2.49. The monoisotopic (exact) mass is 317 g/mol. The van der Waals surface area contributed by atoms with E-state index in [9.17, 15) is 4.79 Å². The van der Waals surface area contributed by atoms with Crippen LogP contribution in [0, 0.1) is 0 Å². The average Bonchev–Trinajstić information content (AvgIpc) is 2.34. The standard InChI is InChI=1S/C12H16BrNO4/c1-7(12(15)16)14-6-8-4-9(13)5-10(17-2)11(8)18-3/h4-5,7,14H,6H2,1-3H3,(H,15,16). The van der Waals surface area contributed by atoms with Crippen LogP contribution in [0.2, 0.25) is 0 Å². The fourth-order valence-corrected chi connectivity index (χ4v) is 1.97. The second kappa shape index (κ2) is 6.61. The van der Waals surface area contributed by atoms with Crippen molar-refractivity contribution in [3.05, 3.63) is 22.2 Å². The van der Waals surface area contributed by atoms with Crippen molar-refractivity contribution in [2.75, 3.05) is 14.2 Å². The number of hydrogen-bond acceptors (Lipinski definition) is 4. The minimum absolute atomic E-state index is 0.381. The van der Waals surface area contributed by atoms with Crippen molar-refractivity contribution in [1.82, 2.24) is 5.32 Å². The third-order valence-corrected chi connectivity index (χ3v) is 2.95. The average molecular weight is 318 g/mol. The van der Waals surface area contributed by atoms with Gasteiger partial charge in [0.05, 0.1) is 14.2 Å². The van der Waals surface area contributed by atoms with E-state index in [0.29, 0.717) is 18.0 Å². The number of nitrogens with one attached hydrogen (secondary N) is 1. The molecule has 0 radical (unpaired) electrons. The number of benzene rings is 1. The van der Waals surface area contributed by atoms with Crippen molar-refractivity contribution in [3.8, 4) is 11.5 Å². The van der Waals surface area contributed by atoms with Crippen LogP contribution in [0.3, 0.4) is 0 Å². The van der Waals surface area contributed by atoms with E-state index >= 15 is 0 Å². The van der Waals surface area contributed by atoms with Crippen LogP contribution in [-0.2, 0) is 11.3 Å². The smallest absolute Gasteiger partial charge is 0.320 e. The van der Waals surface area contributed by atoms with Gasteiger partial charge >= 0.3 is 5.97 Å². The molecular formula is C12H16BrNO4. The third kappa shape index (κ3) is 3.61. The van der Waals surface area contributed by atoms with E-state index in [1.54, 1.807) is 27.2 Å². The Bertz CT molecular complexity index is 436. The molecule has 0 saturated heterocycles. The van der Waals surface area contributed by atoms with Gasteiger partial charge in [0, 0.05) is 16.6 Å². The molecule has 0 saturated carbocycles. The summed E-state index contributed by atoms with van der Waals surface area (Å²) in [4.78, 5) is 10.7. The molecule has 1 unspecified atom stereocenters. The number of hydrogen-bond donors (Lipinski definition) is 2. The van der Waals surface area contributed by atoms with Gasteiger partial charge < -0.3 is 19.9 Å². The molecule has 0 amide bonds. The molecule has 0 bridgehead atoms. The zero-order valence-electron chi connectivity index (χ0n) is 10.5. The second-order valence-corrected chi connectivity index (χ2v) is 4.66. The summed E-state index contributed by atoms with van der Waals surface area (Å²) in [6.07, 6.45) is 0. The summed E-state index contributed by atoms with van der Waals surface area (Å²) in [6.45, 7) is 1.97. The molecule has 0 aliphatic heterocycles. The molecule has 1 rings (SSSR count). The number of carboxylic acids is 1. The summed E-state index contributed by atoms with van der Waals surface area (Å²) >= 11 is 3.37. The summed E-state index contributed by atoms with van der Waals surface area (Å²) < 4.78 is 11.3. The molecule has 2 N–H and O–H groups in total. The van der Waals surface area contributed by atoms with Gasteiger partial charge in [-0.3, -0.25) is 4.79 Å². The number of methoxy groups -OCH3 is 2. The molecule has 0 fully saturated rings. The maximum absolute atomic E-state index is 10.7. The van der Waals surface area contributed by atoms with E-state index in [2.05, 4.69) is 21.2 Å². The summed E-state index contributed by atoms with van der Waals surface area (Å²) in [5.74, 6) is 0.313. The predicted molar refractivity (Wildman–Crippen MR) is 71.2 cm³/mol. The zero-order valence-corrected chi connectivity index (χ0v) is 12.1. The lowest BCUT2D eigenvalue weighted by molar-refractivity contribution is -0.139. The Morgan fingerprint density at radius 1 is 1.44 bits per heavy atom. The predicted octanol–water partition coefficient (Wildman–Crippen LogP) is 2.03. The highest BCUT2D eigenvalue weighted by atomic mass is 79.9. The van der Waals surface area contributed by atoms with Gasteiger partial charge in [0.1, 0.15) is 6.04 Å². The van der Waals surface area contributed by atoms with Crippen LogP contribution in [0.25, 0.3) is 0 Å². The van der Waals surface area contributed by atoms with Crippen LogP contribution in [0.4, 0.5) is 0 Å². The number of aliphatic carboxylic acids is 1. The van der Waals surface area contributed by atoms with Gasteiger partial charge in [-0.25, -0.2) is 0 Å². The van der Waals surface area contributed by atoms with Gasteiger partial charge in [0.25, 0.3) is 0 Å². The zero-order chi connectivity index (χ0) is 13.7. The second-order valence-electron chi connectivity index (χ2n) is 3.74. The van der Waals surface area contributed by atoms with Crippen molar-refractivity contribution in [3.63, 3.8) is 0 Å². The van der Waals surface area contributed by atoms with Crippen LogP contribution in [0.1, 0.15) is 12.5 Å². The topological polar surface area (TPSA) is 67.8 Å². The van der Waals surface area contributed by atoms with Gasteiger partial charge in [-0.05, 0) is 19.1 Å². The van der Waals surface area contributed by atoms with Crippen molar-refractivity contribution in [1.29, 1.82) is 0 Å². The van der Waals surface area contributed by atoms with Crippen molar-refractivity contribution in [2.24, 2.45) is 0 Å². The fourth-order valence-electron chi connectivity index (χ4n) is 1.49. The first-order valence-electron chi connectivity index (χ1n) is 5.36. The normalized spacial score (nSPS) is 12.0. The molecule has 0 heterocycles. The van der Waals surface area contributed by atoms with Gasteiger partial charge in [0.2, 0.25) is 0 Å². The molecule has 0 aliphatic rings. The minimum atomic E-state index is -0.893. The molecule has 1 atom stereocenters. The van der Waals surface area contributed by atoms with Crippen LogP contribution < -0.4 is 14.8 Å². The lowest BCUT2D eigenvalue weighted by Crippen LogP contribution is -2.33. The molecule has 0 aromatic heterocycles. The first-order chi connectivity index (χ1) is 8.49. The van der Waals surface area contributed by atoms with Crippen molar-refractivity contribution in [2.45, 2.75) is 19.5 Å². The van der Waals surface area contributed by atoms with E-state index in [1.807, 2.05) is 6.07 Å². The van der Waals surface area contributed by atoms with Crippen LogP contribution in [-0.4, -0.2) is 31.3 Å². The molecule has 5 nitrogen and oxygen atoms in total. The highest BCUT2D eigenvalue weighted by molar-refractivity contribution is 9.10. The lowest BCUT2D eigenvalue weighted by Gasteiger charge is -2.15. The number of halogens is 1. The summed E-state index contributed by atoms with van der Waals surface area (Å²) in [7, 11) is 3.11. The van der Waals surface area contributed by atoms with E-state index < -0.39 is 12.0 Å². The molecule has 0 aliphatic carbocycles. The van der Waals surface area contributed by atoms with E-state index in [0.717, 1.165) is 10.0 Å². The molecule has 1 aromatic carbocycles. The van der Waals surface area contributed by atoms with Crippen molar-refractivity contribution >= 4 is 21.9 Å². The van der Waals surface area contributed by atoms with E-state index in [1.165, 1.54) is 0 Å². The Morgan fingerprint density at radius 3 is 2.61 bits per heavy atom. The lowest BCUT2D eigenvalue weighted by atomic mass is 10.1. The summed E-state index contributed by atoms with van der Waals surface area (Å²) in [5.41, 5.74) is 0.830. The summed E-state index contributed by atoms with van der Waals surface area (Å²) in [6, 6.07) is 3.03. The number of rotatable bonds is 6. The van der Waals surface area contributed by atoms with Gasteiger partial charge in [0.15, 0.2) is 11.5 Å². The SMILES string of the molecule is COc1cc(Br)cc(CNC(C)C(=O)O)c1OC. The van der Waals surface area contributed by atoms with Gasteiger partial charge in [-0.15, -0.1) is 0 Å². The number of ether oxygens (including phenoxy) is 2. The number of carboxylic acid groups (broad SMARTS) is 1. The maximum atomic E-state index is 10.7. The molecule has 6 heteroatoms. The van der Waals surface area contributed by atoms with E-state index in [4.69, 9.17) is 14.6 Å². The van der Waals surface area contributed by atoms with Gasteiger partial charge in [-0.1, -0.05) is 15.9 Å². The Morgan fingerprint density at radius 2 is 2.11 bits per heavy atom. The molecular weight excluding hydrogens is 302 g/mol. The highest BCUT2D eigenvalue weighted by Gasteiger charge is 2.14. The van der Waals surface area contributed by atoms with Gasteiger partial charge in [-0.2, -0.15) is 0 Å². The maximum Gasteiger partial charge on any atom is 0.320 e. The fraction of sp³-hybridized carbons (Fsp3) is 0.417. The molecule has 0 spiro atoms. The molecule has 18 heavy (non-hydrogen) atoms. The largest absolute Gasteiger partial charge is 0.493 e. The quantitative estimate of drug-likeness (QED) is 0.840. The minimum Gasteiger partial charge on any atom is -0.493 e. The highest BCUT2D eigenvalue weighted by Crippen LogP contribution is 2.34. The first kappa shape index (κ1) is 14.8. The Balaban J connectivity index is 2.93. The molecule has 100 valence electrons. The Hall–Kier alpha value is -1.27. The molecule has 1 aromatic rings. The number of carbonyl (C=O) groups is 1.